The van der Waals surface area contributed by atoms with Crippen LogP contribution in [0.2, 0.25) is 0 Å². The average molecular weight is 250 g/mol. The molecule has 18 heavy (non-hydrogen) atoms. The number of amides is 1. The molecular formula is C14H22N2O2. The molecule has 1 unspecified atom stereocenters. The normalized spacial score (nSPS) is 13.8. The summed E-state index contributed by atoms with van der Waals surface area (Å²) in [5.74, 6) is 0.902. The van der Waals surface area contributed by atoms with Gasteiger partial charge in [0.1, 0.15) is 5.75 Å². The van der Waals surface area contributed by atoms with Crippen LogP contribution in [-0.2, 0) is 4.79 Å². The summed E-state index contributed by atoms with van der Waals surface area (Å²) in [6, 6.07) is 7.66. The number of carbonyl (C=O) groups is 1. The van der Waals surface area contributed by atoms with Gasteiger partial charge >= 0.3 is 0 Å². The Morgan fingerprint density at radius 3 is 2.44 bits per heavy atom. The Balaban J connectivity index is 2.76. The van der Waals surface area contributed by atoms with Gasteiger partial charge in [-0.25, -0.2) is 0 Å². The van der Waals surface area contributed by atoms with Crippen LogP contribution in [0.5, 0.6) is 5.75 Å². The van der Waals surface area contributed by atoms with Crippen LogP contribution in [0.3, 0.4) is 0 Å². The first kappa shape index (κ1) is 14.5. The summed E-state index contributed by atoms with van der Waals surface area (Å²) in [4.78, 5) is 13.4. The number of hydrogen-bond donors (Lipinski definition) is 1. The van der Waals surface area contributed by atoms with Crippen molar-refractivity contribution in [2.45, 2.75) is 25.9 Å². The first-order valence-corrected chi connectivity index (χ1v) is 6.07. The van der Waals surface area contributed by atoms with Gasteiger partial charge in [0.05, 0.1) is 13.2 Å². The van der Waals surface area contributed by atoms with Crippen LogP contribution in [0.25, 0.3) is 0 Å². The van der Waals surface area contributed by atoms with Crippen LogP contribution in [0, 0.1) is 0 Å². The van der Waals surface area contributed by atoms with E-state index in [1.54, 1.807) is 26.1 Å². The number of hydrogen-bond acceptors (Lipinski definition) is 3. The summed E-state index contributed by atoms with van der Waals surface area (Å²) >= 11 is 0. The van der Waals surface area contributed by atoms with Crippen molar-refractivity contribution in [2.24, 2.45) is 0 Å². The summed E-state index contributed by atoms with van der Waals surface area (Å²) in [7, 11) is 5.17. The van der Waals surface area contributed by atoms with Crippen molar-refractivity contribution in [3.05, 3.63) is 29.8 Å². The highest BCUT2D eigenvalue weighted by Crippen LogP contribution is 2.24. The van der Waals surface area contributed by atoms with Crippen molar-refractivity contribution in [3.63, 3.8) is 0 Å². The molecule has 0 spiro atoms. The Kier molecular flexibility index (Phi) is 5.16. The van der Waals surface area contributed by atoms with E-state index >= 15 is 0 Å². The zero-order valence-electron chi connectivity index (χ0n) is 11.7. The second kappa shape index (κ2) is 6.40. The Bertz CT molecular complexity index is 405. The largest absolute Gasteiger partial charge is 0.496 e. The quantitative estimate of drug-likeness (QED) is 0.866. The predicted octanol–water partition coefficient (Wildman–Crippen LogP) is 1.82. The molecule has 1 rings (SSSR count). The molecular weight excluding hydrogens is 228 g/mol. The van der Waals surface area contributed by atoms with Crippen molar-refractivity contribution >= 4 is 5.91 Å². The van der Waals surface area contributed by atoms with Gasteiger partial charge in [-0.15, -0.1) is 0 Å². The number of para-hydroxylation sites is 1. The van der Waals surface area contributed by atoms with Gasteiger partial charge in [-0.3, -0.25) is 10.1 Å². The molecule has 0 saturated carbocycles. The summed E-state index contributed by atoms with van der Waals surface area (Å²) in [5, 5.41) is 3.28. The highest BCUT2D eigenvalue weighted by molar-refractivity contribution is 5.80. The molecule has 4 nitrogen and oxygen atoms in total. The van der Waals surface area contributed by atoms with Gasteiger partial charge in [-0.1, -0.05) is 18.2 Å². The van der Waals surface area contributed by atoms with Crippen molar-refractivity contribution in [1.82, 2.24) is 10.2 Å². The molecule has 4 heteroatoms. The zero-order valence-corrected chi connectivity index (χ0v) is 11.7. The highest BCUT2D eigenvalue weighted by Gasteiger charge is 2.19. The van der Waals surface area contributed by atoms with E-state index in [2.05, 4.69) is 5.32 Å². The molecule has 0 aliphatic heterocycles. The smallest absolute Gasteiger partial charge is 0.238 e. The van der Waals surface area contributed by atoms with Crippen molar-refractivity contribution in [3.8, 4) is 5.75 Å². The van der Waals surface area contributed by atoms with E-state index in [1.165, 1.54) is 0 Å². The third kappa shape index (κ3) is 3.47. The van der Waals surface area contributed by atoms with Gasteiger partial charge < -0.3 is 9.64 Å². The monoisotopic (exact) mass is 250 g/mol. The minimum Gasteiger partial charge on any atom is -0.496 e. The Morgan fingerprint density at radius 1 is 1.28 bits per heavy atom. The lowest BCUT2D eigenvalue weighted by Crippen LogP contribution is -2.42. The van der Waals surface area contributed by atoms with Crippen LogP contribution >= 0.6 is 0 Å². The fourth-order valence-corrected chi connectivity index (χ4v) is 1.95. The lowest BCUT2D eigenvalue weighted by atomic mass is 10.1. The van der Waals surface area contributed by atoms with Crippen molar-refractivity contribution < 1.29 is 9.53 Å². The van der Waals surface area contributed by atoms with Gasteiger partial charge in [0.15, 0.2) is 0 Å². The summed E-state index contributed by atoms with van der Waals surface area (Å²) in [6.45, 7) is 3.89. The molecule has 0 fully saturated rings. The van der Waals surface area contributed by atoms with E-state index in [0.717, 1.165) is 11.3 Å². The number of methoxy groups -OCH3 is 1. The Labute approximate surface area is 109 Å². The van der Waals surface area contributed by atoms with E-state index in [-0.39, 0.29) is 18.0 Å². The fraction of sp³-hybridized carbons (Fsp3) is 0.500. The van der Waals surface area contributed by atoms with E-state index in [9.17, 15) is 4.79 Å². The topological polar surface area (TPSA) is 41.6 Å². The SMILES string of the molecule is COc1ccccc1[C@H](C)NC(C)C(=O)N(C)C. The summed E-state index contributed by atoms with van der Waals surface area (Å²) in [6.07, 6.45) is 0. The van der Waals surface area contributed by atoms with E-state index in [4.69, 9.17) is 4.74 Å². The summed E-state index contributed by atoms with van der Waals surface area (Å²) < 4.78 is 5.32. The third-order valence-electron chi connectivity index (χ3n) is 2.92. The van der Waals surface area contributed by atoms with Gasteiger partial charge in [-0.05, 0) is 19.9 Å². The standard InChI is InChI=1S/C14H22N2O2/c1-10(15-11(2)14(17)16(3)4)12-8-6-7-9-13(12)18-5/h6-11,15H,1-5H3/t10-,11?/m0/s1. The molecule has 0 aliphatic rings. The maximum absolute atomic E-state index is 11.8. The van der Waals surface area contributed by atoms with Gasteiger partial charge in [-0.2, -0.15) is 0 Å². The maximum atomic E-state index is 11.8. The van der Waals surface area contributed by atoms with Crippen LogP contribution in [0.1, 0.15) is 25.5 Å². The number of ether oxygens (including phenoxy) is 1. The highest BCUT2D eigenvalue weighted by atomic mass is 16.5. The molecule has 1 aromatic carbocycles. The molecule has 1 amide bonds. The number of nitrogens with one attached hydrogen (secondary N) is 1. The van der Waals surface area contributed by atoms with Gasteiger partial charge in [0.2, 0.25) is 5.91 Å². The predicted molar refractivity (Wildman–Crippen MR) is 72.7 cm³/mol. The number of likely N-dealkylation sites (N-methyl/N-ethyl adjacent to an activating group) is 1. The molecule has 0 radical (unpaired) electrons. The molecule has 0 aliphatic carbocycles. The van der Waals surface area contributed by atoms with Crippen molar-refractivity contribution in [1.29, 1.82) is 0 Å². The number of carbonyl (C=O) groups excluding carboxylic acids is 1. The summed E-state index contributed by atoms with van der Waals surface area (Å²) in [5.41, 5.74) is 1.05. The van der Waals surface area contributed by atoms with Crippen LogP contribution in [0.4, 0.5) is 0 Å². The zero-order chi connectivity index (χ0) is 13.7. The van der Waals surface area contributed by atoms with Gasteiger partial charge in [0, 0.05) is 25.7 Å². The second-order valence-electron chi connectivity index (χ2n) is 4.58. The fourth-order valence-electron chi connectivity index (χ4n) is 1.95. The Morgan fingerprint density at radius 2 is 1.89 bits per heavy atom. The Hall–Kier alpha value is -1.55. The maximum Gasteiger partial charge on any atom is 0.238 e. The lowest BCUT2D eigenvalue weighted by molar-refractivity contribution is -0.130. The van der Waals surface area contributed by atoms with Gasteiger partial charge in [0.25, 0.3) is 0 Å². The van der Waals surface area contributed by atoms with Crippen LogP contribution in [0.15, 0.2) is 24.3 Å². The molecule has 0 heterocycles. The molecule has 2 atom stereocenters. The molecule has 0 saturated heterocycles. The first-order chi connectivity index (χ1) is 8.47. The minimum absolute atomic E-state index is 0.0556. The number of rotatable bonds is 5. The minimum atomic E-state index is -0.222. The van der Waals surface area contributed by atoms with Crippen molar-refractivity contribution in [2.75, 3.05) is 21.2 Å². The second-order valence-corrected chi connectivity index (χ2v) is 4.58. The molecule has 1 N–H and O–H groups in total. The van der Waals surface area contributed by atoms with E-state index in [0.29, 0.717) is 0 Å². The molecule has 100 valence electrons. The molecule has 1 aromatic rings. The van der Waals surface area contributed by atoms with Crippen LogP contribution in [-0.4, -0.2) is 38.1 Å². The van der Waals surface area contributed by atoms with E-state index < -0.39 is 0 Å². The lowest BCUT2D eigenvalue weighted by Gasteiger charge is -2.23. The third-order valence-corrected chi connectivity index (χ3v) is 2.92. The number of benzene rings is 1. The molecule has 0 aromatic heterocycles. The van der Waals surface area contributed by atoms with E-state index in [1.807, 2.05) is 38.1 Å². The average Bonchev–Trinajstić information content (AvgIpc) is 2.37. The van der Waals surface area contributed by atoms with Crippen LogP contribution < -0.4 is 10.1 Å². The molecule has 0 bridgehead atoms. The first-order valence-electron chi connectivity index (χ1n) is 6.07. The number of nitrogens with zero attached hydrogens (tertiary/aromatic N) is 1.